The van der Waals surface area contributed by atoms with Crippen LogP contribution in [-0.4, -0.2) is 27.1 Å². The van der Waals surface area contributed by atoms with Crippen molar-refractivity contribution in [3.05, 3.63) is 64.2 Å². The smallest absolute Gasteiger partial charge is 0.241 e. The molecule has 0 saturated heterocycles. The molecule has 2 aromatic carbocycles. The van der Waals surface area contributed by atoms with Gasteiger partial charge in [-0.1, -0.05) is 29.8 Å². The predicted octanol–water partition coefficient (Wildman–Crippen LogP) is 3.60. The van der Waals surface area contributed by atoms with Gasteiger partial charge in [-0.05, 0) is 61.7 Å². The summed E-state index contributed by atoms with van der Waals surface area (Å²) < 4.78 is 25.3. The van der Waals surface area contributed by atoms with E-state index in [0.717, 1.165) is 21.7 Å². The lowest BCUT2D eigenvalue weighted by atomic mass is 10.0. The lowest BCUT2D eigenvalue weighted by molar-refractivity contribution is -0.120. The number of sulfonamides is 1. The summed E-state index contributed by atoms with van der Waals surface area (Å²) in [6.45, 7) is 5.61. The van der Waals surface area contributed by atoms with Crippen LogP contribution in [0.5, 0.6) is 0 Å². The molecule has 0 aliphatic rings. The van der Waals surface area contributed by atoms with Crippen molar-refractivity contribution >= 4 is 33.2 Å². The number of hydrogen-bond donors (Lipinski definition) is 1. The van der Waals surface area contributed by atoms with Gasteiger partial charge >= 0.3 is 0 Å². The minimum Gasteiger partial charge on any atom is -0.348 e. The summed E-state index contributed by atoms with van der Waals surface area (Å²) >= 11 is 5.85. The average molecular weight is 395 g/mol. The van der Waals surface area contributed by atoms with Gasteiger partial charge in [0, 0.05) is 5.02 Å². The van der Waals surface area contributed by atoms with Gasteiger partial charge in [0.2, 0.25) is 15.9 Å². The minimum atomic E-state index is -3.61. The van der Waals surface area contributed by atoms with Crippen LogP contribution in [0.2, 0.25) is 5.02 Å². The summed E-state index contributed by atoms with van der Waals surface area (Å²) in [7, 11) is -3.61. The number of aryl methyl sites for hydroxylation is 2. The summed E-state index contributed by atoms with van der Waals surface area (Å²) in [5.41, 5.74) is 3.69. The molecule has 26 heavy (non-hydrogen) atoms. The maximum Gasteiger partial charge on any atom is 0.241 e. The molecule has 1 amide bonds. The van der Waals surface area contributed by atoms with Gasteiger partial charge < -0.3 is 5.32 Å². The molecule has 0 bridgehead atoms. The summed E-state index contributed by atoms with van der Waals surface area (Å²) in [6, 6.07) is 12.1. The largest absolute Gasteiger partial charge is 0.348 e. The molecular weight excluding hydrogens is 372 g/mol. The maximum atomic E-state index is 12.4. The Morgan fingerprint density at radius 3 is 2.27 bits per heavy atom. The standard InChI is InChI=1S/C19H23ClN2O3S/c1-13-5-6-16(11-14(13)2)15(3)21-19(23)12-22(26(4,24)25)18-9-7-17(20)8-10-18/h5-11,15H,12H2,1-4H3,(H,21,23)/t15-/m0/s1. The van der Waals surface area contributed by atoms with Crippen LogP contribution in [0.25, 0.3) is 0 Å². The van der Waals surface area contributed by atoms with E-state index in [9.17, 15) is 13.2 Å². The Balaban J connectivity index is 2.14. The van der Waals surface area contributed by atoms with Crippen molar-refractivity contribution in [2.45, 2.75) is 26.8 Å². The molecule has 5 nitrogen and oxygen atoms in total. The van der Waals surface area contributed by atoms with Crippen molar-refractivity contribution in [3.63, 3.8) is 0 Å². The molecule has 0 fully saturated rings. The van der Waals surface area contributed by atoms with Crippen LogP contribution in [0.4, 0.5) is 5.69 Å². The number of rotatable bonds is 6. The second kappa shape index (κ2) is 8.10. The summed E-state index contributed by atoms with van der Waals surface area (Å²) in [6.07, 6.45) is 1.07. The van der Waals surface area contributed by atoms with Gasteiger partial charge in [0.1, 0.15) is 6.54 Å². The monoisotopic (exact) mass is 394 g/mol. The fourth-order valence-electron chi connectivity index (χ4n) is 2.54. The molecular formula is C19H23ClN2O3S. The van der Waals surface area contributed by atoms with E-state index in [4.69, 9.17) is 11.6 Å². The molecule has 140 valence electrons. The van der Waals surface area contributed by atoms with Crippen LogP contribution in [0, 0.1) is 13.8 Å². The zero-order valence-electron chi connectivity index (χ0n) is 15.3. The molecule has 0 aliphatic heterocycles. The van der Waals surface area contributed by atoms with Crippen molar-refractivity contribution in [1.82, 2.24) is 5.32 Å². The lowest BCUT2D eigenvalue weighted by Gasteiger charge is -2.23. The fourth-order valence-corrected chi connectivity index (χ4v) is 3.52. The minimum absolute atomic E-state index is 0.228. The van der Waals surface area contributed by atoms with Crippen LogP contribution in [-0.2, 0) is 14.8 Å². The van der Waals surface area contributed by atoms with Crippen LogP contribution >= 0.6 is 11.6 Å². The topological polar surface area (TPSA) is 66.5 Å². The third kappa shape index (κ3) is 5.22. The normalized spacial score (nSPS) is 12.5. The van der Waals surface area contributed by atoms with E-state index in [1.165, 1.54) is 5.56 Å². The van der Waals surface area contributed by atoms with Gasteiger partial charge in [-0.3, -0.25) is 9.10 Å². The SMILES string of the molecule is Cc1ccc([C@H](C)NC(=O)CN(c2ccc(Cl)cc2)S(C)(=O)=O)cc1C. The quantitative estimate of drug-likeness (QED) is 0.813. The number of amides is 1. The Kier molecular flexibility index (Phi) is 6.31. The van der Waals surface area contributed by atoms with Crippen molar-refractivity contribution in [3.8, 4) is 0 Å². The first kappa shape index (κ1) is 20.3. The number of hydrogen-bond acceptors (Lipinski definition) is 3. The predicted molar refractivity (Wildman–Crippen MR) is 106 cm³/mol. The van der Waals surface area contributed by atoms with Gasteiger partial charge in [-0.25, -0.2) is 8.42 Å². The van der Waals surface area contributed by atoms with Crippen LogP contribution < -0.4 is 9.62 Å². The van der Waals surface area contributed by atoms with Gasteiger partial charge in [-0.2, -0.15) is 0 Å². The van der Waals surface area contributed by atoms with E-state index in [0.29, 0.717) is 10.7 Å². The molecule has 2 aromatic rings. The number of halogens is 1. The fraction of sp³-hybridized carbons (Fsp3) is 0.316. The van der Waals surface area contributed by atoms with Crippen molar-refractivity contribution < 1.29 is 13.2 Å². The average Bonchev–Trinajstić information content (AvgIpc) is 2.55. The Labute approximate surface area is 160 Å². The number of nitrogens with one attached hydrogen (secondary N) is 1. The van der Waals surface area contributed by atoms with Gasteiger partial charge in [-0.15, -0.1) is 0 Å². The molecule has 1 atom stereocenters. The summed E-state index contributed by atoms with van der Waals surface area (Å²) in [5, 5.41) is 3.35. The van der Waals surface area contributed by atoms with Crippen LogP contribution in [0.1, 0.15) is 29.7 Å². The molecule has 0 aromatic heterocycles. The molecule has 0 radical (unpaired) electrons. The highest BCUT2D eigenvalue weighted by molar-refractivity contribution is 7.92. The first-order valence-corrected chi connectivity index (χ1v) is 10.4. The van der Waals surface area contributed by atoms with Crippen molar-refractivity contribution in [2.24, 2.45) is 0 Å². The number of carbonyl (C=O) groups is 1. The second-order valence-corrected chi connectivity index (χ2v) is 8.72. The second-order valence-electron chi connectivity index (χ2n) is 6.38. The Morgan fingerprint density at radius 1 is 1.12 bits per heavy atom. The third-order valence-corrected chi connectivity index (χ3v) is 5.60. The number of nitrogens with zero attached hydrogens (tertiary/aromatic N) is 1. The van der Waals surface area contributed by atoms with E-state index in [1.807, 2.05) is 39.0 Å². The van der Waals surface area contributed by atoms with E-state index in [-0.39, 0.29) is 18.5 Å². The molecule has 0 unspecified atom stereocenters. The van der Waals surface area contributed by atoms with E-state index >= 15 is 0 Å². The van der Waals surface area contributed by atoms with Gasteiger partial charge in [0.25, 0.3) is 0 Å². The molecule has 2 rings (SSSR count). The molecule has 0 spiro atoms. The molecule has 1 N–H and O–H groups in total. The third-order valence-electron chi connectivity index (χ3n) is 4.21. The Bertz CT molecular complexity index is 896. The first-order chi connectivity index (χ1) is 12.1. The Hall–Kier alpha value is -2.05. The van der Waals surface area contributed by atoms with Crippen molar-refractivity contribution in [1.29, 1.82) is 0 Å². The highest BCUT2D eigenvalue weighted by Gasteiger charge is 2.22. The molecule has 7 heteroatoms. The van der Waals surface area contributed by atoms with Gasteiger partial charge in [0.05, 0.1) is 18.0 Å². The zero-order valence-corrected chi connectivity index (χ0v) is 16.9. The maximum absolute atomic E-state index is 12.4. The van der Waals surface area contributed by atoms with Gasteiger partial charge in [0.15, 0.2) is 0 Å². The number of benzene rings is 2. The Morgan fingerprint density at radius 2 is 1.73 bits per heavy atom. The number of carbonyl (C=O) groups excluding carboxylic acids is 1. The summed E-state index contributed by atoms with van der Waals surface area (Å²) in [5.74, 6) is -0.379. The zero-order chi connectivity index (χ0) is 19.5. The van der Waals surface area contributed by atoms with Crippen LogP contribution in [0.3, 0.4) is 0 Å². The van der Waals surface area contributed by atoms with Crippen LogP contribution in [0.15, 0.2) is 42.5 Å². The first-order valence-electron chi connectivity index (χ1n) is 8.17. The summed E-state index contributed by atoms with van der Waals surface area (Å²) in [4.78, 5) is 12.4. The number of anilines is 1. The molecule has 0 aliphatic carbocycles. The van der Waals surface area contributed by atoms with E-state index in [2.05, 4.69) is 5.32 Å². The van der Waals surface area contributed by atoms with Crippen molar-refractivity contribution in [2.75, 3.05) is 17.1 Å². The van der Waals surface area contributed by atoms with E-state index < -0.39 is 10.0 Å². The highest BCUT2D eigenvalue weighted by Crippen LogP contribution is 2.21. The lowest BCUT2D eigenvalue weighted by Crippen LogP contribution is -2.41. The molecule has 0 saturated carbocycles. The molecule has 0 heterocycles. The highest BCUT2D eigenvalue weighted by atomic mass is 35.5. The van der Waals surface area contributed by atoms with E-state index in [1.54, 1.807) is 24.3 Å².